The highest BCUT2D eigenvalue weighted by atomic mass is 19.1. The number of halogens is 1. The smallest absolute Gasteiger partial charge is 0.315 e. The summed E-state index contributed by atoms with van der Waals surface area (Å²) < 4.78 is 17.7. The van der Waals surface area contributed by atoms with E-state index in [0.29, 0.717) is 5.56 Å². The zero-order chi connectivity index (χ0) is 18.4. The summed E-state index contributed by atoms with van der Waals surface area (Å²) in [5, 5.41) is 24.3. The number of phenols is 1. The number of nitrogens with zero attached hydrogens (tertiary/aromatic N) is 2. The summed E-state index contributed by atoms with van der Waals surface area (Å²) >= 11 is 0. The lowest BCUT2D eigenvalue weighted by Gasteiger charge is -2.05. The van der Waals surface area contributed by atoms with Crippen LogP contribution in [0.5, 0.6) is 11.5 Å². The molecule has 130 valence electrons. The first-order chi connectivity index (χ1) is 11.9. The highest BCUT2D eigenvalue weighted by Crippen LogP contribution is 2.36. The van der Waals surface area contributed by atoms with Crippen LogP contribution in [-0.2, 0) is 11.2 Å². The second-order valence-electron chi connectivity index (χ2n) is 4.94. The summed E-state index contributed by atoms with van der Waals surface area (Å²) in [7, 11) is 1.25. The number of amides is 1. The normalized spacial score (nSPS) is 10.6. The summed E-state index contributed by atoms with van der Waals surface area (Å²) in [6.45, 7) is 0. The lowest BCUT2D eigenvalue weighted by Crippen LogP contribution is -2.19. The quantitative estimate of drug-likeness (QED) is 0.472. The third-order valence-electron chi connectivity index (χ3n) is 3.17. The Hall–Kier alpha value is -3.49. The van der Waals surface area contributed by atoms with Gasteiger partial charge in [-0.25, -0.2) is 9.82 Å². The fraction of sp³-hybridized carbons (Fsp3) is 0.125. The van der Waals surface area contributed by atoms with Gasteiger partial charge in [-0.3, -0.25) is 14.9 Å². The Labute approximate surface area is 141 Å². The van der Waals surface area contributed by atoms with Crippen LogP contribution in [0.4, 0.5) is 10.1 Å². The SMILES string of the molecule is COc1cc(/C=N/NC(=O)Cc2ccc(F)cc2)cc([N+](=O)[O-])c1O. The zero-order valence-electron chi connectivity index (χ0n) is 13.1. The third-order valence-corrected chi connectivity index (χ3v) is 3.17. The van der Waals surface area contributed by atoms with Crippen LogP contribution in [0.1, 0.15) is 11.1 Å². The van der Waals surface area contributed by atoms with E-state index in [2.05, 4.69) is 10.5 Å². The monoisotopic (exact) mass is 347 g/mol. The van der Waals surface area contributed by atoms with Crippen molar-refractivity contribution < 1.29 is 24.0 Å². The fourth-order valence-corrected chi connectivity index (χ4v) is 1.99. The molecule has 9 heteroatoms. The average molecular weight is 347 g/mol. The molecule has 0 aliphatic heterocycles. The number of aromatic hydroxyl groups is 1. The number of carbonyl (C=O) groups excluding carboxylic acids is 1. The lowest BCUT2D eigenvalue weighted by atomic mass is 10.1. The van der Waals surface area contributed by atoms with Gasteiger partial charge in [0, 0.05) is 11.6 Å². The summed E-state index contributed by atoms with van der Waals surface area (Å²) in [6.07, 6.45) is 1.17. The summed E-state index contributed by atoms with van der Waals surface area (Å²) in [4.78, 5) is 21.9. The maximum absolute atomic E-state index is 12.8. The largest absolute Gasteiger partial charge is 0.500 e. The molecule has 0 saturated heterocycles. The van der Waals surface area contributed by atoms with Crippen molar-refractivity contribution >= 4 is 17.8 Å². The number of hydrogen-bond acceptors (Lipinski definition) is 6. The van der Waals surface area contributed by atoms with Crippen molar-refractivity contribution in [2.45, 2.75) is 6.42 Å². The maximum Gasteiger partial charge on any atom is 0.315 e. The summed E-state index contributed by atoms with van der Waals surface area (Å²) in [6, 6.07) is 7.87. The predicted molar refractivity (Wildman–Crippen MR) is 87.2 cm³/mol. The fourth-order valence-electron chi connectivity index (χ4n) is 1.99. The molecule has 2 rings (SSSR count). The van der Waals surface area contributed by atoms with Crippen LogP contribution in [0.3, 0.4) is 0 Å². The van der Waals surface area contributed by atoms with Gasteiger partial charge in [0.2, 0.25) is 11.7 Å². The first-order valence-electron chi connectivity index (χ1n) is 7.02. The highest BCUT2D eigenvalue weighted by molar-refractivity contribution is 5.85. The van der Waals surface area contributed by atoms with Gasteiger partial charge < -0.3 is 9.84 Å². The second kappa shape index (κ2) is 7.86. The molecule has 0 fully saturated rings. The Morgan fingerprint density at radius 3 is 2.68 bits per heavy atom. The number of phenolic OH excluding ortho intramolecular Hbond substituents is 1. The maximum atomic E-state index is 12.8. The molecular formula is C16H14FN3O5. The number of nitro groups is 1. The number of hydrogen-bond donors (Lipinski definition) is 2. The molecule has 2 aromatic carbocycles. The van der Waals surface area contributed by atoms with Crippen LogP contribution in [0.25, 0.3) is 0 Å². The number of carbonyl (C=O) groups is 1. The molecule has 0 spiro atoms. The highest BCUT2D eigenvalue weighted by Gasteiger charge is 2.19. The number of benzene rings is 2. The number of methoxy groups -OCH3 is 1. The number of nitrogens with one attached hydrogen (secondary N) is 1. The van der Waals surface area contributed by atoms with Crippen LogP contribution in [0, 0.1) is 15.9 Å². The Morgan fingerprint density at radius 2 is 2.08 bits per heavy atom. The van der Waals surface area contributed by atoms with Crippen LogP contribution in [0.15, 0.2) is 41.5 Å². The van der Waals surface area contributed by atoms with Crippen molar-refractivity contribution in [2.24, 2.45) is 5.10 Å². The van der Waals surface area contributed by atoms with Gasteiger partial charge in [0.25, 0.3) is 0 Å². The Balaban J connectivity index is 2.06. The second-order valence-corrected chi connectivity index (χ2v) is 4.94. The minimum absolute atomic E-state index is 0.00331. The van der Waals surface area contributed by atoms with E-state index in [1.807, 2.05) is 0 Å². The van der Waals surface area contributed by atoms with Crippen molar-refractivity contribution in [1.29, 1.82) is 0 Å². The third kappa shape index (κ3) is 4.74. The number of rotatable bonds is 6. The molecule has 0 unspecified atom stereocenters. The predicted octanol–water partition coefficient (Wildman–Crippen LogP) is 2.14. The van der Waals surface area contributed by atoms with Gasteiger partial charge in [-0.05, 0) is 23.8 Å². The van der Waals surface area contributed by atoms with Gasteiger partial charge in [-0.2, -0.15) is 5.10 Å². The van der Waals surface area contributed by atoms with Crippen LogP contribution >= 0.6 is 0 Å². The van der Waals surface area contributed by atoms with Gasteiger partial charge in [-0.1, -0.05) is 12.1 Å². The van der Waals surface area contributed by atoms with Gasteiger partial charge in [0.05, 0.1) is 24.7 Å². The minimum Gasteiger partial charge on any atom is -0.500 e. The van der Waals surface area contributed by atoms with E-state index in [4.69, 9.17) is 4.74 Å². The van der Waals surface area contributed by atoms with Crippen molar-refractivity contribution in [3.05, 3.63) is 63.5 Å². The van der Waals surface area contributed by atoms with Crippen molar-refractivity contribution in [3.63, 3.8) is 0 Å². The van der Waals surface area contributed by atoms with Crippen LogP contribution in [0.2, 0.25) is 0 Å². The first kappa shape index (κ1) is 17.9. The molecule has 0 aliphatic carbocycles. The van der Waals surface area contributed by atoms with Gasteiger partial charge >= 0.3 is 5.69 Å². The number of ether oxygens (including phenoxy) is 1. The van der Waals surface area contributed by atoms with Gasteiger partial charge in [-0.15, -0.1) is 0 Å². The molecular weight excluding hydrogens is 333 g/mol. The van der Waals surface area contributed by atoms with Crippen LogP contribution in [-0.4, -0.2) is 29.3 Å². The number of nitro benzene ring substituents is 1. The van der Waals surface area contributed by atoms with E-state index < -0.39 is 28.1 Å². The molecule has 1 amide bonds. The lowest BCUT2D eigenvalue weighted by molar-refractivity contribution is -0.386. The molecule has 0 bridgehead atoms. The van der Waals surface area contributed by atoms with Crippen molar-refractivity contribution in [1.82, 2.24) is 5.43 Å². The van der Waals surface area contributed by atoms with Crippen LogP contribution < -0.4 is 10.2 Å². The van der Waals surface area contributed by atoms with E-state index in [1.54, 1.807) is 0 Å². The van der Waals surface area contributed by atoms with Gasteiger partial charge in [0.15, 0.2) is 5.75 Å². The zero-order valence-corrected chi connectivity index (χ0v) is 13.1. The van der Waals surface area contributed by atoms with Gasteiger partial charge in [0.1, 0.15) is 5.82 Å². The summed E-state index contributed by atoms with van der Waals surface area (Å²) in [5.74, 6) is -1.52. The van der Waals surface area contributed by atoms with E-state index >= 15 is 0 Å². The topological polar surface area (TPSA) is 114 Å². The summed E-state index contributed by atoms with van der Waals surface area (Å²) in [5.41, 5.74) is 2.58. The van der Waals surface area contributed by atoms with E-state index in [0.717, 1.165) is 6.07 Å². The van der Waals surface area contributed by atoms with E-state index in [9.17, 15) is 24.4 Å². The molecule has 2 aromatic rings. The molecule has 0 atom stereocenters. The molecule has 0 saturated carbocycles. The molecule has 8 nitrogen and oxygen atoms in total. The standard InChI is InChI=1S/C16H14FN3O5/c1-25-14-7-11(6-13(16(14)22)20(23)24)9-18-19-15(21)8-10-2-4-12(17)5-3-10/h2-7,9,22H,8H2,1H3,(H,19,21)/b18-9+. The van der Waals surface area contributed by atoms with Crippen molar-refractivity contribution in [3.8, 4) is 11.5 Å². The molecule has 0 aliphatic rings. The molecule has 2 N–H and O–H groups in total. The average Bonchev–Trinajstić information content (AvgIpc) is 2.58. The minimum atomic E-state index is -0.762. The number of hydrazone groups is 1. The molecule has 0 radical (unpaired) electrons. The molecule has 0 aromatic heterocycles. The van der Waals surface area contributed by atoms with E-state index in [1.165, 1.54) is 43.7 Å². The first-order valence-corrected chi connectivity index (χ1v) is 7.02. The molecule has 25 heavy (non-hydrogen) atoms. The Bertz CT molecular complexity index is 821. The molecule has 0 heterocycles. The Kier molecular flexibility index (Phi) is 5.62. The van der Waals surface area contributed by atoms with E-state index in [-0.39, 0.29) is 17.7 Å². The Morgan fingerprint density at radius 1 is 1.40 bits per heavy atom. The van der Waals surface area contributed by atoms with Crippen molar-refractivity contribution in [2.75, 3.05) is 7.11 Å².